The smallest absolute Gasteiger partial charge is 0.163 e. The lowest BCUT2D eigenvalue weighted by molar-refractivity contribution is 0.171. The summed E-state index contributed by atoms with van der Waals surface area (Å²) in [4.78, 5) is 0. The number of rotatable bonds is 3. The highest BCUT2D eigenvalue weighted by Crippen LogP contribution is 2.38. The first kappa shape index (κ1) is 13.8. The van der Waals surface area contributed by atoms with Crippen molar-refractivity contribution < 1.29 is 9.47 Å². The van der Waals surface area contributed by atoms with E-state index in [1.165, 1.54) is 0 Å². The quantitative estimate of drug-likeness (QED) is 0.922. The van der Waals surface area contributed by atoms with E-state index < -0.39 is 0 Å². The summed E-state index contributed by atoms with van der Waals surface area (Å²) in [6, 6.07) is 13.6. The van der Waals surface area contributed by atoms with Crippen molar-refractivity contribution in [2.75, 3.05) is 18.5 Å². The van der Waals surface area contributed by atoms with Crippen LogP contribution in [0.1, 0.15) is 11.1 Å². The lowest BCUT2D eigenvalue weighted by atomic mass is 10.1. The van der Waals surface area contributed by atoms with E-state index >= 15 is 0 Å². The number of nitrogens with zero attached hydrogens (tertiary/aromatic N) is 1. The summed E-state index contributed by atoms with van der Waals surface area (Å²) in [5, 5.41) is 12.4. The van der Waals surface area contributed by atoms with Crippen LogP contribution in [0, 0.1) is 11.3 Å². The molecule has 3 rings (SSSR count). The van der Waals surface area contributed by atoms with Crippen molar-refractivity contribution in [1.29, 1.82) is 5.26 Å². The van der Waals surface area contributed by atoms with Crippen LogP contribution in [-0.2, 0) is 6.54 Å². The first-order chi connectivity index (χ1) is 10.3. The van der Waals surface area contributed by atoms with Gasteiger partial charge >= 0.3 is 0 Å². The zero-order chi connectivity index (χ0) is 14.7. The van der Waals surface area contributed by atoms with Gasteiger partial charge in [-0.2, -0.15) is 5.26 Å². The van der Waals surface area contributed by atoms with Crippen molar-refractivity contribution in [3.63, 3.8) is 0 Å². The van der Waals surface area contributed by atoms with Gasteiger partial charge < -0.3 is 14.8 Å². The summed E-state index contributed by atoms with van der Waals surface area (Å²) in [6.07, 6.45) is 0. The number of benzene rings is 2. The molecule has 0 radical (unpaired) electrons. The predicted molar refractivity (Wildman–Crippen MR) is 83.6 cm³/mol. The topological polar surface area (TPSA) is 54.3 Å². The normalized spacial score (nSPS) is 12.6. The molecule has 0 aliphatic carbocycles. The number of anilines is 1. The van der Waals surface area contributed by atoms with E-state index in [2.05, 4.69) is 27.3 Å². The molecule has 106 valence electrons. The Kier molecular flexibility index (Phi) is 3.98. The summed E-state index contributed by atoms with van der Waals surface area (Å²) >= 11 is 3.52. The summed E-state index contributed by atoms with van der Waals surface area (Å²) in [6.45, 7) is 1.70. The number of fused-ring (bicyclic) bond motifs is 1. The van der Waals surface area contributed by atoms with Crippen LogP contribution in [-0.4, -0.2) is 13.2 Å². The van der Waals surface area contributed by atoms with Gasteiger partial charge in [0.2, 0.25) is 0 Å². The van der Waals surface area contributed by atoms with Gasteiger partial charge in [0.1, 0.15) is 13.2 Å². The van der Waals surface area contributed by atoms with Crippen LogP contribution >= 0.6 is 15.9 Å². The molecule has 4 nitrogen and oxygen atoms in total. The van der Waals surface area contributed by atoms with Crippen molar-refractivity contribution >= 4 is 21.6 Å². The Bertz CT molecular complexity index is 710. The van der Waals surface area contributed by atoms with Gasteiger partial charge in [0.05, 0.1) is 17.3 Å². The molecule has 0 saturated heterocycles. The first-order valence-electron chi connectivity index (χ1n) is 6.59. The maximum atomic E-state index is 9.10. The average Bonchev–Trinajstić information content (AvgIpc) is 2.53. The van der Waals surface area contributed by atoms with Crippen molar-refractivity contribution in [3.05, 3.63) is 52.0 Å². The summed E-state index contributed by atoms with van der Waals surface area (Å²) in [5.41, 5.74) is 2.55. The van der Waals surface area contributed by atoms with E-state index in [-0.39, 0.29) is 0 Å². The molecule has 0 atom stereocenters. The Morgan fingerprint density at radius 3 is 2.62 bits per heavy atom. The van der Waals surface area contributed by atoms with E-state index in [1.54, 1.807) is 0 Å². The zero-order valence-electron chi connectivity index (χ0n) is 11.2. The zero-order valence-corrected chi connectivity index (χ0v) is 12.8. The van der Waals surface area contributed by atoms with Crippen LogP contribution in [0.25, 0.3) is 0 Å². The molecule has 1 aliphatic heterocycles. The van der Waals surface area contributed by atoms with Crippen LogP contribution in [0.5, 0.6) is 11.5 Å². The molecule has 2 aromatic carbocycles. The maximum absolute atomic E-state index is 9.10. The molecule has 0 amide bonds. The molecule has 1 aliphatic rings. The molecule has 0 spiro atoms. The average molecular weight is 345 g/mol. The SMILES string of the molecule is N#Cc1ccccc1CNc1cc2c(cc1Br)OCCO2. The molecule has 21 heavy (non-hydrogen) atoms. The van der Waals surface area contributed by atoms with Crippen molar-refractivity contribution in [1.82, 2.24) is 0 Å². The minimum Gasteiger partial charge on any atom is -0.486 e. The Balaban J connectivity index is 1.81. The van der Waals surface area contributed by atoms with Crippen LogP contribution in [0.4, 0.5) is 5.69 Å². The van der Waals surface area contributed by atoms with Gasteiger partial charge in [0, 0.05) is 23.2 Å². The molecular formula is C16H13BrN2O2. The second-order valence-corrected chi connectivity index (χ2v) is 5.45. The van der Waals surface area contributed by atoms with Crippen LogP contribution in [0.15, 0.2) is 40.9 Å². The molecule has 2 aromatic rings. The third-order valence-electron chi connectivity index (χ3n) is 3.24. The maximum Gasteiger partial charge on any atom is 0.163 e. The van der Waals surface area contributed by atoms with Gasteiger partial charge in [0.15, 0.2) is 11.5 Å². The van der Waals surface area contributed by atoms with Gasteiger partial charge in [-0.05, 0) is 27.6 Å². The van der Waals surface area contributed by atoms with Gasteiger partial charge in [0.25, 0.3) is 0 Å². The fourth-order valence-electron chi connectivity index (χ4n) is 2.17. The standard InChI is InChI=1S/C16H13BrN2O2/c17-13-7-15-16(21-6-5-20-15)8-14(13)19-10-12-4-2-1-3-11(12)9-18/h1-4,7-8,19H,5-6,10H2. The van der Waals surface area contributed by atoms with Gasteiger partial charge in [-0.25, -0.2) is 0 Å². The van der Waals surface area contributed by atoms with Crippen molar-refractivity contribution in [3.8, 4) is 17.6 Å². The number of ether oxygens (including phenoxy) is 2. The highest BCUT2D eigenvalue weighted by molar-refractivity contribution is 9.10. The van der Waals surface area contributed by atoms with E-state index in [0.717, 1.165) is 27.2 Å². The second-order valence-electron chi connectivity index (χ2n) is 4.60. The molecule has 5 heteroatoms. The molecule has 0 aromatic heterocycles. The van der Waals surface area contributed by atoms with Gasteiger partial charge in [-0.1, -0.05) is 18.2 Å². The molecule has 0 fully saturated rings. The second kappa shape index (κ2) is 6.06. The minimum absolute atomic E-state index is 0.561. The third-order valence-corrected chi connectivity index (χ3v) is 3.90. The fourth-order valence-corrected chi connectivity index (χ4v) is 2.64. The molecular weight excluding hydrogens is 332 g/mol. The van der Waals surface area contributed by atoms with Gasteiger partial charge in [-0.15, -0.1) is 0 Å². The third kappa shape index (κ3) is 2.96. The number of nitrogens with one attached hydrogen (secondary N) is 1. The highest BCUT2D eigenvalue weighted by atomic mass is 79.9. The lowest BCUT2D eigenvalue weighted by Gasteiger charge is -2.20. The number of hydrogen-bond acceptors (Lipinski definition) is 4. The minimum atomic E-state index is 0.561. The fraction of sp³-hybridized carbons (Fsp3) is 0.188. The van der Waals surface area contributed by atoms with Crippen molar-refractivity contribution in [2.24, 2.45) is 0 Å². The van der Waals surface area contributed by atoms with E-state index in [0.29, 0.717) is 25.3 Å². The Labute approximate surface area is 131 Å². The number of halogens is 1. The summed E-state index contributed by atoms with van der Waals surface area (Å²) in [5.74, 6) is 1.48. The van der Waals surface area contributed by atoms with Gasteiger partial charge in [-0.3, -0.25) is 0 Å². The van der Waals surface area contributed by atoms with Crippen molar-refractivity contribution in [2.45, 2.75) is 6.54 Å². The molecule has 0 bridgehead atoms. The van der Waals surface area contributed by atoms with E-state index in [9.17, 15) is 0 Å². The highest BCUT2D eigenvalue weighted by Gasteiger charge is 2.14. The number of hydrogen-bond donors (Lipinski definition) is 1. The Morgan fingerprint density at radius 2 is 1.86 bits per heavy atom. The van der Waals surface area contributed by atoms with Crippen LogP contribution in [0.3, 0.4) is 0 Å². The largest absolute Gasteiger partial charge is 0.486 e. The first-order valence-corrected chi connectivity index (χ1v) is 7.38. The predicted octanol–water partition coefficient (Wildman–Crippen LogP) is 3.70. The van der Waals surface area contributed by atoms with Crippen LogP contribution in [0.2, 0.25) is 0 Å². The Hall–Kier alpha value is -2.19. The summed E-state index contributed by atoms with van der Waals surface area (Å²) in [7, 11) is 0. The molecule has 1 N–H and O–H groups in total. The molecule has 1 heterocycles. The van der Waals surface area contributed by atoms with E-state index in [4.69, 9.17) is 14.7 Å². The molecule has 0 saturated carbocycles. The van der Waals surface area contributed by atoms with E-state index in [1.807, 2.05) is 36.4 Å². The molecule has 0 unspecified atom stereocenters. The van der Waals surface area contributed by atoms with Crippen LogP contribution < -0.4 is 14.8 Å². The number of nitriles is 1. The summed E-state index contributed by atoms with van der Waals surface area (Å²) < 4.78 is 12.0. The Morgan fingerprint density at radius 1 is 1.14 bits per heavy atom. The monoisotopic (exact) mass is 344 g/mol. The lowest BCUT2D eigenvalue weighted by Crippen LogP contribution is -2.15.